The Labute approximate surface area is 167 Å². The number of nitrogens with zero attached hydrogens (tertiary/aromatic N) is 2. The Morgan fingerprint density at radius 2 is 1.82 bits per heavy atom. The number of amidine groups is 1. The topological polar surface area (TPSA) is 59.7 Å². The summed E-state index contributed by atoms with van der Waals surface area (Å²) in [4.78, 5) is 9.26. The zero-order valence-electron chi connectivity index (χ0n) is 15.5. The van der Waals surface area contributed by atoms with Gasteiger partial charge in [-0.2, -0.15) is 0 Å². The number of methoxy groups -OCH3 is 1. The van der Waals surface area contributed by atoms with E-state index in [1.54, 1.807) is 7.11 Å². The minimum absolute atomic E-state index is 0.558. The van der Waals surface area contributed by atoms with Crippen molar-refractivity contribution in [1.29, 1.82) is 0 Å². The lowest BCUT2D eigenvalue weighted by Crippen LogP contribution is -2.06. The lowest BCUT2D eigenvalue weighted by Gasteiger charge is -2.10. The van der Waals surface area contributed by atoms with E-state index in [-0.39, 0.29) is 0 Å². The lowest BCUT2D eigenvalue weighted by atomic mass is 10.2. The Morgan fingerprint density at radius 3 is 2.57 bits per heavy atom. The van der Waals surface area contributed by atoms with Crippen molar-refractivity contribution in [2.24, 2.45) is 4.99 Å². The molecule has 0 spiro atoms. The third kappa shape index (κ3) is 3.87. The first-order valence-electron chi connectivity index (χ1n) is 8.75. The normalized spacial score (nSPS) is 11.6. The van der Waals surface area contributed by atoms with Crippen LogP contribution in [-0.4, -0.2) is 23.5 Å². The van der Waals surface area contributed by atoms with Gasteiger partial charge in [-0.25, -0.2) is 9.98 Å². The first-order valence-corrected chi connectivity index (χ1v) is 9.98. The van der Waals surface area contributed by atoms with Gasteiger partial charge in [0.2, 0.25) is 5.89 Å². The first kappa shape index (κ1) is 18.1. The van der Waals surface area contributed by atoms with Crippen molar-refractivity contribution in [3.05, 3.63) is 72.8 Å². The smallest absolute Gasteiger partial charge is 0.227 e. The van der Waals surface area contributed by atoms with Crippen LogP contribution in [0, 0.1) is 0 Å². The highest BCUT2D eigenvalue weighted by atomic mass is 32.2. The summed E-state index contributed by atoms with van der Waals surface area (Å²) in [5.41, 5.74) is 4.15. The van der Waals surface area contributed by atoms with Gasteiger partial charge in [0.25, 0.3) is 0 Å². The van der Waals surface area contributed by atoms with Gasteiger partial charge in [0.15, 0.2) is 10.8 Å². The number of aliphatic imine (C=N–C) groups is 1. The molecule has 0 unspecified atom stereocenters. The summed E-state index contributed by atoms with van der Waals surface area (Å²) >= 11 is 1.53. The van der Waals surface area contributed by atoms with Gasteiger partial charge in [-0.1, -0.05) is 42.1 Å². The van der Waals surface area contributed by atoms with E-state index in [0.717, 1.165) is 33.2 Å². The zero-order chi connectivity index (χ0) is 19.3. The average Bonchev–Trinajstić information content (AvgIpc) is 3.18. The quantitative estimate of drug-likeness (QED) is 0.344. The van der Waals surface area contributed by atoms with Gasteiger partial charge in [0.05, 0.1) is 7.11 Å². The largest absolute Gasteiger partial charge is 0.494 e. The highest BCUT2D eigenvalue weighted by Crippen LogP contribution is 2.34. The Morgan fingerprint density at radius 1 is 1.04 bits per heavy atom. The van der Waals surface area contributed by atoms with Gasteiger partial charge in [0, 0.05) is 11.3 Å². The van der Waals surface area contributed by atoms with E-state index in [0.29, 0.717) is 11.6 Å². The third-order valence-electron chi connectivity index (χ3n) is 4.16. The molecule has 0 aliphatic rings. The maximum atomic E-state index is 5.86. The van der Waals surface area contributed by atoms with Crippen LogP contribution in [0.25, 0.3) is 22.6 Å². The Balaban J connectivity index is 1.66. The number of rotatable bonds is 4. The molecule has 1 heterocycles. The standard InChI is InChI=1S/C22H19N3O2S/c1-26-20-14-15(21-24-17-10-6-7-11-19(17)27-21)12-13-18(20)25-22(28-2)23-16-8-4-3-5-9-16/h3-14H,1-2H3,(H,23,25). The molecular weight excluding hydrogens is 370 g/mol. The van der Waals surface area contributed by atoms with Crippen LogP contribution in [0.5, 0.6) is 5.75 Å². The van der Waals surface area contributed by atoms with Gasteiger partial charge < -0.3 is 14.5 Å². The van der Waals surface area contributed by atoms with Gasteiger partial charge in [-0.15, -0.1) is 0 Å². The number of para-hydroxylation sites is 3. The van der Waals surface area contributed by atoms with E-state index in [1.807, 2.05) is 79.1 Å². The molecule has 0 saturated carbocycles. The molecule has 4 rings (SSSR count). The maximum Gasteiger partial charge on any atom is 0.227 e. The lowest BCUT2D eigenvalue weighted by molar-refractivity contribution is 0.416. The summed E-state index contributed by atoms with van der Waals surface area (Å²) in [6.45, 7) is 0. The van der Waals surface area contributed by atoms with E-state index in [9.17, 15) is 0 Å². The monoisotopic (exact) mass is 389 g/mol. The molecule has 0 bridgehead atoms. The fraction of sp³-hybridized carbons (Fsp3) is 0.0909. The number of benzene rings is 3. The summed E-state index contributed by atoms with van der Waals surface area (Å²) in [5, 5.41) is 4.10. The summed E-state index contributed by atoms with van der Waals surface area (Å²) in [6.07, 6.45) is 1.98. The molecule has 0 amide bonds. The molecular formula is C22H19N3O2S. The van der Waals surface area contributed by atoms with Gasteiger partial charge in [0.1, 0.15) is 17.0 Å². The molecule has 0 radical (unpaired) electrons. The predicted octanol–water partition coefficient (Wildman–Crippen LogP) is 5.97. The highest BCUT2D eigenvalue weighted by molar-refractivity contribution is 8.13. The van der Waals surface area contributed by atoms with Crippen molar-refractivity contribution in [2.45, 2.75) is 0 Å². The number of ether oxygens (including phenoxy) is 1. The second-order valence-electron chi connectivity index (χ2n) is 5.99. The van der Waals surface area contributed by atoms with Crippen LogP contribution in [-0.2, 0) is 0 Å². The van der Waals surface area contributed by atoms with Crippen LogP contribution in [0.3, 0.4) is 0 Å². The fourth-order valence-electron chi connectivity index (χ4n) is 2.78. The summed E-state index contributed by atoms with van der Waals surface area (Å²) in [7, 11) is 1.63. The first-order chi connectivity index (χ1) is 13.8. The van der Waals surface area contributed by atoms with Crippen LogP contribution in [0.2, 0.25) is 0 Å². The van der Waals surface area contributed by atoms with Crippen molar-refractivity contribution in [1.82, 2.24) is 4.98 Å². The molecule has 6 heteroatoms. The molecule has 0 atom stereocenters. The minimum atomic E-state index is 0.558. The van der Waals surface area contributed by atoms with Crippen molar-refractivity contribution in [3.63, 3.8) is 0 Å². The van der Waals surface area contributed by atoms with Gasteiger partial charge in [-0.3, -0.25) is 0 Å². The number of hydrogen-bond acceptors (Lipinski definition) is 5. The van der Waals surface area contributed by atoms with Crippen LogP contribution in [0.4, 0.5) is 11.4 Å². The number of hydrogen-bond donors (Lipinski definition) is 1. The Bertz CT molecular complexity index is 1090. The van der Waals surface area contributed by atoms with Crippen LogP contribution < -0.4 is 10.1 Å². The molecule has 0 aliphatic heterocycles. The van der Waals surface area contributed by atoms with Crippen molar-refractivity contribution in [2.75, 3.05) is 18.7 Å². The Kier molecular flexibility index (Phi) is 5.30. The van der Waals surface area contributed by atoms with Crippen molar-refractivity contribution < 1.29 is 9.15 Å². The molecule has 28 heavy (non-hydrogen) atoms. The summed E-state index contributed by atoms with van der Waals surface area (Å²) < 4.78 is 11.4. The highest BCUT2D eigenvalue weighted by Gasteiger charge is 2.12. The molecule has 0 saturated heterocycles. The zero-order valence-corrected chi connectivity index (χ0v) is 16.4. The maximum absolute atomic E-state index is 5.86. The molecule has 3 aromatic carbocycles. The molecule has 5 nitrogen and oxygen atoms in total. The van der Waals surface area contributed by atoms with E-state index >= 15 is 0 Å². The SMILES string of the molecule is COc1cc(-c2nc3ccccc3o2)ccc1N=C(Nc1ccccc1)SC. The third-order valence-corrected chi connectivity index (χ3v) is 4.74. The molecule has 140 valence electrons. The number of anilines is 1. The van der Waals surface area contributed by atoms with Crippen molar-refractivity contribution >= 4 is 39.4 Å². The number of thioether (sulfide) groups is 1. The van der Waals surface area contributed by atoms with Gasteiger partial charge >= 0.3 is 0 Å². The number of nitrogens with one attached hydrogen (secondary N) is 1. The van der Waals surface area contributed by atoms with Gasteiger partial charge in [-0.05, 0) is 48.7 Å². The molecule has 4 aromatic rings. The number of oxazole rings is 1. The second-order valence-corrected chi connectivity index (χ2v) is 6.78. The summed E-state index contributed by atoms with van der Waals surface area (Å²) in [6, 6.07) is 23.4. The fourth-order valence-corrected chi connectivity index (χ4v) is 3.19. The molecule has 0 fully saturated rings. The minimum Gasteiger partial charge on any atom is -0.494 e. The van der Waals surface area contributed by atoms with E-state index < -0.39 is 0 Å². The number of aromatic nitrogens is 1. The molecule has 1 N–H and O–H groups in total. The van der Waals surface area contributed by atoms with Crippen LogP contribution in [0.1, 0.15) is 0 Å². The summed E-state index contributed by atoms with van der Waals surface area (Å²) in [5.74, 6) is 1.21. The van der Waals surface area contributed by atoms with E-state index in [4.69, 9.17) is 14.1 Å². The predicted molar refractivity (Wildman–Crippen MR) is 117 cm³/mol. The van der Waals surface area contributed by atoms with Crippen LogP contribution in [0.15, 0.2) is 82.2 Å². The van der Waals surface area contributed by atoms with E-state index in [1.165, 1.54) is 11.8 Å². The number of fused-ring (bicyclic) bond motifs is 1. The molecule has 1 aromatic heterocycles. The Hall–Kier alpha value is -3.25. The van der Waals surface area contributed by atoms with Crippen molar-refractivity contribution in [3.8, 4) is 17.2 Å². The second kappa shape index (κ2) is 8.19. The molecule has 0 aliphatic carbocycles. The average molecular weight is 389 g/mol. The van der Waals surface area contributed by atoms with E-state index in [2.05, 4.69) is 10.3 Å². The van der Waals surface area contributed by atoms with Crippen LogP contribution >= 0.6 is 11.8 Å².